The second-order valence-electron chi connectivity index (χ2n) is 13.0. The van der Waals surface area contributed by atoms with Crippen LogP contribution in [0.1, 0.15) is 81.3 Å². The molecule has 0 spiro atoms. The van der Waals surface area contributed by atoms with Crippen LogP contribution >= 0.6 is 0 Å². The van der Waals surface area contributed by atoms with Gasteiger partial charge in [-0.1, -0.05) is 95.5 Å². The third-order valence-electron chi connectivity index (χ3n) is 8.15. The number of carboxylic acid groups (broad SMARTS) is 1. The SMILES string of the molecule is CCCCCCNc1ccc(-c2cnc(-c3ccc(CC(NC(=O)c4ccc(C(C)(C)C)cc4)C(=O)NCCC(=O)O)cc3)nc2)cc1. The molecule has 0 radical (unpaired) electrons. The summed E-state index contributed by atoms with van der Waals surface area (Å²) in [6, 6.07) is 22.2. The third kappa shape index (κ3) is 10.8. The van der Waals surface area contributed by atoms with Crippen LogP contribution < -0.4 is 16.0 Å². The molecule has 1 aromatic heterocycles. The second-order valence-corrected chi connectivity index (χ2v) is 13.0. The van der Waals surface area contributed by atoms with Gasteiger partial charge in [0.25, 0.3) is 5.91 Å². The zero-order valence-electron chi connectivity index (χ0n) is 28.4. The van der Waals surface area contributed by atoms with Gasteiger partial charge in [0, 0.05) is 54.3 Å². The van der Waals surface area contributed by atoms with E-state index in [9.17, 15) is 14.4 Å². The van der Waals surface area contributed by atoms with Gasteiger partial charge in [0.05, 0.1) is 6.42 Å². The molecule has 4 aromatic rings. The number of aromatic nitrogens is 2. The van der Waals surface area contributed by atoms with Crippen LogP contribution in [0.25, 0.3) is 22.5 Å². The molecule has 0 aliphatic carbocycles. The van der Waals surface area contributed by atoms with Crippen LogP contribution in [0.2, 0.25) is 0 Å². The fourth-order valence-corrected chi connectivity index (χ4v) is 5.21. The summed E-state index contributed by atoms with van der Waals surface area (Å²) in [4.78, 5) is 46.4. The van der Waals surface area contributed by atoms with Gasteiger partial charge in [0.2, 0.25) is 5.91 Å². The Morgan fingerprint density at radius 1 is 0.771 bits per heavy atom. The highest BCUT2D eigenvalue weighted by molar-refractivity contribution is 5.97. The number of carboxylic acids is 1. The van der Waals surface area contributed by atoms with Gasteiger partial charge in [-0.05, 0) is 52.8 Å². The third-order valence-corrected chi connectivity index (χ3v) is 8.15. The van der Waals surface area contributed by atoms with Crippen LogP contribution in [0, 0.1) is 0 Å². The second kappa shape index (κ2) is 17.2. The number of anilines is 1. The fourth-order valence-electron chi connectivity index (χ4n) is 5.21. The number of carbonyl (C=O) groups excluding carboxylic acids is 2. The lowest BCUT2D eigenvalue weighted by atomic mass is 9.86. The van der Waals surface area contributed by atoms with Crippen LogP contribution in [0.3, 0.4) is 0 Å². The quantitative estimate of drug-likeness (QED) is 0.0958. The number of nitrogens with zero attached hydrogens (tertiary/aromatic N) is 2. The molecule has 0 saturated carbocycles. The van der Waals surface area contributed by atoms with Crippen LogP contribution in [0.4, 0.5) is 5.69 Å². The Balaban J connectivity index is 1.40. The smallest absolute Gasteiger partial charge is 0.305 e. The highest BCUT2D eigenvalue weighted by atomic mass is 16.4. The molecule has 3 aromatic carbocycles. The van der Waals surface area contributed by atoms with E-state index in [-0.39, 0.29) is 30.7 Å². The molecule has 9 heteroatoms. The minimum absolute atomic E-state index is 0.0345. The topological polar surface area (TPSA) is 133 Å². The standard InChI is InChI=1S/C39H47N5O4/c1-5-6-7-8-22-40-33-19-15-28(16-20-33)31-25-42-36(43-26-31)29-11-9-27(10-12-29)24-34(38(48)41-23-21-35(45)46)44-37(47)30-13-17-32(18-14-30)39(2,3)4/h9-20,25-26,34,40H,5-8,21-24H2,1-4H3,(H,41,48)(H,44,47)(H,45,46). The monoisotopic (exact) mass is 649 g/mol. The first-order valence-electron chi connectivity index (χ1n) is 16.7. The lowest BCUT2D eigenvalue weighted by Crippen LogP contribution is -2.48. The summed E-state index contributed by atoms with van der Waals surface area (Å²) in [6.07, 6.45) is 8.54. The van der Waals surface area contributed by atoms with Crippen molar-refractivity contribution in [1.82, 2.24) is 20.6 Å². The Morgan fingerprint density at radius 2 is 1.42 bits per heavy atom. The van der Waals surface area contributed by atoms with Crippen molar-refractivity contribution in [3.8, 4) is 22.5 Å². The predicted octanol–water partition coefficient (Wildman–Crippen LogP) is 7.03. The summed E-state index contributed by atoms with van der Waals surface area (Å²) in [5, 5.41) is 17.9. The van der Waals surface area contributed by atoms with E-state index in [1.165, 1.54) is 25.7 Å². The molecule has 1 heterocycles. The van der Waals surface area contributed by atoms with Gasteiger partial charge in [-0.15, -0.1) is 0 Å². The Hall–Kier alpha value is -5.05. The molecule has 9 nitrogen and oxygen atoms in total. The van der Waals surface area contributed by atoms with Crippen molar-refractivity contribution in [3.05, 3.63) is 102 Å². The molecule has 252 valence electrons. The molecule has 4 rings (SSSR count). The minimum Gasteiger partial charge on any atom is -0.481 e. The molecular formula is C39H47N5O4. The maximum Gasteiger partial charge on any atom is 0.305 e. The van der Waals surface area contributed by atoms with Gasteiger partial charge in [-0.25, -0.2) is 9.97 Å². The van der Waals surface area contributed by atoms with Crippen LogP contribution in [0.5, 0.6) is 0 Å². The molecule has 4 N–H and O–H groups in total. The van der Waals surface area contributed by atoms with Crippen LogP contribution in [-0.4, -0.2) is 52.0 Å². The number of carbonyl (C=O) groups is 3. The molecule has 0 fully saturated rings. The first kappa shape index (κ1) is 35.8. The Labute approximate surface area is 283 Å². The van der Waals surface area contributed by atoms with E-state index in [2.05, 4.69) is 77.9 Å². The van der Waals surface area contributed by atoms with E-state index >= 15 is 0 Å². The summed E-state index contributed by atoms with van der Waals surface area (Å²) in [7, 11) is 0. The van der Waals surface area contributed by atoms with E-state index < -0.39 is 17.9 Å². The van der Waals surface area contributed by atoms with E-state index in [0.29, 0.717) is 11.4 Å². The molecule has 0 aliphatic heterocycles. The number of hydrogen-bond acceptors (Lipinski definition) is 6. The minimum atomic E-state index is -1.01. The lowest BCUT2D eigenvalue weighted by molar-refractivity contribution is -0.137. The van der Waals surface area contributed by atoms with Crippen molar-refractivity contribution in [2.75, 3.05) is 18.4 Å². The summed E-state index contributed by atoms with van der Waals surface area (Å²) >= 11 is 0. The van der Waals surface area contributed by atoms with Gasteiger partial charge < -0.3 is 21.1 Å². The van der Waals surface area contributed by atoms with Crippen molar-refractivity contribution < 1.29 is 19.5 Å². The molecule has 1 unspecified atom stereocenters. The van der Waals surface area contributed by atoms with E-state index in [0.717, 1.165) is 40.0 Å². The molecule has 0 aliphatic rings. The van der Waals surface area contributed by atoms with E-state index in [1.807, 2.05) is 48.8 Å². The molecule has 48 heavy (non-hydrogen) atoms. The van der Waals surface area contributed by atoms with E-state index in [4.69, 9.17) is 5.11 Å². The first-order valence-corrected chi connectivity index (χ1v) is 16.7. The molecular weight excluding hydrogens is 602 g/mol. The zero-order chi connectivity index (χ0) is 34.5. The number of benzene rings is 3. The van der Waals surface area contributed by atoms with Gasteiger partial charge in [0.1, 0.15) is 6.04 Å². The van der Waals surface area contributed by atoms with Crippen LogP contribution in [-0.2, 0) is 21.4 Å². The summed E-state index contributed by atoms with van der Waals surface area (Å²) < 4.78 is 0. The number of rotatable bonds is 16. The number of unbranched alkanes of at least 4 members (excludes halogenated alkanes) is 3. The summed E-state index contributed by atoms with van der Waals surface area (Å²) in [5.74, 6) is -1.27. The Morgan fingerprint density at radius 3 is 2.02 bits per heavy atom. The summed E-state index contributed by atoms with van der Waals surface area (Å²) in [6.45, 7) is 9.44. The molecule has 1 atom stereocenters. The Bertz CT molecular complexity index is 1630. The maximum atomic E-state index is 13.1. The zero-order valence-corrected chi connectivity index (χ0v) is 28.4. The highest BCUT2D eigenvalue weighted by Crippen LogP contribution is 2.24. The van der Waals surface area contributed by atoms with Gasteiger partial charge >= 0.3 is 5.97 Å². The average molecular weight is 650 g/mol. The van der Waals surface area contributed by atoms with Gasteiger partial charge in [0.15, 0.2) is 5.82 Å². The molecule has 2 amide bonds. The number of nitrogens with one attached hydrogen (secondary N) is 3. The van der Waals surface area contributed by atoms with Crippen LogP contribution in [0.15, 0.2) is 85.2 Å². The summed E-state index contributed by atoms with van der Waals surface area (Å²) in [5.41, 5.74) is 6.16. The van der Waals surface area contributed by atoms with Gasteiger partial charge in [-0.2, -0.15) is 0 Å². The first-order chi connectivity index (χ1) is 23.0. The normalized spacial score (nSPS) is 11.8. The van der Waals surface area contributed by atoms with Crippen molar-refractivity contribution >= 4 is 23.5 Å². The lowest BCUT2D eigenvalue weighted by Gasteiger charge is -2.20. The Kier molecular flexibility index (Phi) is 12.8. The number of hydrogen-bond donors (Lipinski definition) is 4. The van der Waals surface area contributed by atoms with E-state index in [1.54, 1.807) is 12.1 Å². The van der Waals surface area contributed by atoms with Crippen molar-refractivity contribution in [1.29, 1.82) is 0 Å². The predicted molar refractivity (Wildman–Crippen MR) is 191 cm³/mol. The highest BCUT2D eigenvalue weighted by Gasteiger charge is 2.23. The van der Waals surface area contributed by atoms with Crippen molar-refractivity contribution in [3.63, 3.8) is 0 Å². The largest absolute Gasteiger partial charge is 0.481 e. The number of amides is 2. The maximum absolute atomic E-state index is 13.1. The molecule has 0 bridgehead atoms. The number of aliphatic carboxylic acids is 1. The average Bonchev–Trinajstić information content (AvgIpc) is 3.08. The molecule has 0 saturated heterocycles. The fraction of sp³-hybridized carbons (Fsp3) is 0.359. The van der Waals surface area contributed by atoms with Gasteiger partial charge in [-0.3, -0.25) is 14.4 Å². The van der Waals surface area contributed by atoms with Crippen molar-refractivity contribution in [2.45, 2.75) is 77.7 Å². The van der Waals surface area contributed by atoms with Crippen molar-refractivity contribution in [2.24, 2.45) is 0 Å².